The Morgan fingerprint density at radius 1 is 1.19 bits per heavy atom. The van der Waals surface area contributed by atoms with Gasteiger partial charge in [0.2, 0.25) is 5.91 Å². The molecule has 1 heterocycles. The van der Waals surface area contributed by atoms with Crippen LogP contribution in [0.15, 0.2) is 48.8 Å². The summed E-state index contributed by atoms with van der Waals surface area (Å²) in [6.07, 6.45) is 3.52. The van der Waals surface area contributed by atoms with E-state index in [1.807, 2.05) is 0 Å². The van der Waals surface area contributed by atoms with Gasteiger partial charge in [0, 0.05) is 30.2 Å². The quantitative estimate of drug-likeness (QED) is 0.403. The number of nitrogens with one attached hydrogen (secondary N) is 2. The number of carbonyl (C=O) groups excluding carboxylic acids is 2. The van der Waals surface area contributed by atoms with E-state index in [0.29, 0.717) is 25.1 Å². The Labute approximate surface area is 181 Å². The highest BCUT2D eigenvalue weighted by molar-refractivity contribution is 5.95. The maximum absolute atomic E-state index is 12.4. The second kappa shape index (κ2) is 12.3. The Hall–Kier alpha value is -3.46. The van der Waals surface area contributed by atoms with Crippen LogP contribution >= 0.6 is 0 Å². The lowest BCUT2D eigenvalue weighted by atomic mass is 9.96. The number of pyridine rings is 1. The maximum atomic E-state index is 12.4. The highest BCUT2D eigenvalue weighted by Crippen LogP contribution is 2.27. The smallest absolute Gasteiger partial charge is 0.407 e. The van der Waals surface area contributed by atoms with Crippen molar-refractivity contribution in [3.63, 3.8) is 0 Å². The van der Waals surface area contributed by atoms with Crippen LogP contribution in [-0.4, -0.2) is 40.6 Å². The van der Waals surface area contributed by atoms with Gasteiger partial charge in [-0.2, -0.15) is 0 Å². The Kier molecular flexibility index (Phi) is 9.44. The molecule has 2 atom stereocenters. The molecule has 2 rings (SSSR count). The van der Waals surface area contributed by atoms with Gasteiger partial charge >= 0.3 is 12.1 Å². The molecule has 0 fully saturated rings. The number of amides is 2. The number of para-hydroxylation sites is 1. The van der Waals surface area contributed by atoms with E-state index in [2.05, 4.69) is 15.6 Å². The number of aliphatic carboxylic acids is 1. The monoisotopic (exact) mass is 428 g/mol. The van der Waals surface area contributed by atoms with Crippen LogP contribution in [-0.2, 0) is 20.9 Å². The number of carboxylic acids is 1. The van der Waals surface area contributed by atoms with Gasteiger partial charge in [0.25, 0.3) is 0 Å². The summed E-state index contributed by atoms with van der Waals surface area (Å²) in [5.41, 5.74) is 8.04. The highest BCUT2D eigenvalue weighted by atomic mass is 16.5. The van der Waals surface area contributed by atoms with Crippen LogP contribution < -0.4 is 16.4 Å². The zero-order valence-corrected chi connectivity index (χ0v) is 17.4. The van der Waals surface area contributed by atoms with Crippen molar-refractivity contribution >= 4 is 23.7 Å². The fourth-order valence-electron chi connectivity index (χ4n) is 2.96. The summed E-state index contributed by atoms with van der Waals surface area (Å²) in [5.74, 6) is -1.53. The number of nitrogens with zero attached hydrogens (tertiary/aromatic N) is 1. The van der Waals surface area contributed by atoms with Crippen LogP contribution in [0.5, 0.6) is 0 Å². The summed E-state index contributed by atoms with van der Waals surface area (Å²) in [6, 6.07) is 9.86. The van der Waals surface area contributed by atoms with Crippen molar-refractivity contribution in [2.45, 2.75) is 44.8 Å². The van der Waals surface area contributed by atoms with Gasteiger partial charge in [0.15, 0.2) is 0 Å². The van der Waals surface area contributed by atoms with E-state index in [9.17, 15) is 14.4 Å². The molecule has 0 aliphatic rings. The molecule has 0 aliphatic carbocycles. The minimum atomic E-state index is -0.906. The topological polar surface area (TPSA) is 144 Å². The molecule has 9 heteroatoms. The zero-order valence-electron chi connectivity index (χ0n) is 17.4. The number of carbonyl (C=O) groups is 3. The minimum absolute atomic E-state index is 0.0402. The fourth-order valence-corrected chi connectivity index (χ4v) is 2.96. The van der Waals surface area contributed by atoms with Gasteiger partial charge in [-0.1, -0.05) is 31.2 Å². The van der Waals surface area contributed by atoms with Gasteiger partial charge in [0.1, 0.15) is 6.61 Å². The second-order valence-electron chi connectivity index (χ2n) is 7.19. The summed E-state index contributed by atoms with van der Waals surface area (Å²) in [6.45, 7) is 2.23. The molecule has 0 saturated carbocycles. The van der Waals surface area contributed by atoms with Crippen LogP contribution in [0.3, 0.4) is 0 Å². The van der Waals surface area contributed by atoms with Crippen molar-refractivity contribution in [1.29, 1.82) is 0 Å². The molecule has 9 nitrogen and oxygen atoms in total. The predicted molar refractivity (Wildman–Crippen MR) is 115 cm³/mol. The average Bonchev–Trinajstić information content (AvgIpc) is 2.75. The standard InChI is InChI=1S/C22H28N4O5/c1-15(12-20(27)28)17-7-2-3-9-19(17)26-21(29)18(23)8-5-11-25-22(30)31-14-16-6-4-10-24-13-16/h2-4,6-7,9-10,13,15,18H,5,8,11-12,14,23H2,1H3,(H,25,30)(H,26,29)(H,27,28). The highest BCUT2D eigenvalue weighted by Gasteiger charge is 2.18. The molecule has 0 spiro atoms. The Morgan fingerprint density at radius 3 is 2.68 bits per heavy atom. The van der Waals surface area contributed by atoms with E-state index in [0.717, 1.165) is 11.1 Å². The molecule has 166 valence electrons. The second-order valence-corrected chi connectivity index (χ2v) is 7.19. The summed E-state index contributed by atoms with van der Waals surface area (Å²) < 4.78 is 5.08. The number of ether oxygens (including phenoxy) is 1. The van der Waals surface area contributed by atoms with Gasteiger partial charge in [-0.15, -0.1) is 0 Å². The summed E-state index contributed by atoms with van der Waals surface area (Å²) in [5, 5.41) is 14.4. The van der Waals surface area contributed by atoms with Crippen molar-refractivity contribution in [3.8, 4) is 0 Å². The first-order chi connectivity index (χ1) is 14.9. The maximum Gasteiger partial charge on any atom is 0.407 e. The average molecular weight is 428 g/mol. The number of aromatic nitrogens is 1. The van der Waals surface area contributed by atoms with E-state index in [1.165, 1.54) is 0 Å². The number of alkyl carbamates (subject to hydrolysis) is 1. The first-order valence-electron chi connectivity index (χ1n) is 10.0. The molecular formula is C22H28N4O5. The van der Waals surface area contributed by atoms with Gasteiger partial charge in [-0.05, 0) is 36.5 Å². The van der Waals surface area contributed by atoms with E-state index in [-0.39, 0.29) is 24.9 Å². The molecule has 2 unspecified atom stereocenters. The SMILES string of the molecule is CC(CC(=O)O)c1ccccc1NC(=O)C(N)CCCNC(=O)OCc1cccnc1. The number of hydrogen-bond acceptors (Lipinski definition) is 6. The summed E-state index contributed by atoms with van der Waals surface area (Å²) >= 11 is 0. The number of hydrogen-bond donors (Lipinski definition) is 4. The molecule has 2 amide bonds. The third-order valence-corrected chi connectivity index (χ3v) is 4.62. The van der Waals surface area contributed by atoms with Crippen LogP contribution in [0, 0.1) is 0 Å². The normalized spacial score (nSPS) is 12.5. The minimum Gasteiger partial charge on any atom is -0.481 e. The molecule has 2 aromatic rings. The van der Waals surface area contributed by atoms with E-state index < -0.39 is 18.1 Å². The van der Waals surface area contributed by atoms with Gasteiger partial charge in [0.05, 0.1) is 12.5 Å². The largest absolute Gasteiger partial charge is 0.481 e. The Bertz CT molecular complexity index is 875. The number of benzene rings is 1. The van der Waals surface area contributed by atoms with Gasteiger partial charge < -0.3 is 26.2 Å². The van der Waals surface area contributed by atoms with Crippen molar-refractivity contribution < 1.29 is 24.2 Å². The van der Waals surface area contributed by atoms with E-state index in [1.54, 1.807) is 55.7 Å². The molecule has 1 aromatic heterocycles. The Balaban J connectivity index is 1.73. The molecule has 31 heavy (non-hydrogen) atoms. The first kappa shape index (κ1) is 23.8. The Morgan fingerprint density at radius 2 is 1.97 bits per heavy atom. The third kappa shape index (κ3) is 8.43. The number of nitrogens with two attached hydrogens (primary N) is 1. The zero-order chi connectivity index (χ0) is 22.6. The fraction of sp³-hybridized carbons (Fsp3) is 0.364. The molecule has 0 bridgehead atoms. The number of carboxylic acid groups (broad SMARTS) is 1. The molecule has 1 aromatic carbocycles. The predicted octanol–water partition coefficient (Wildman–Crippen LogP) is 2.63. The number of rotatable bonds is 11. The lowest BCUT2D eigenvalue weighted by molar-refractivity contribution is -0.137. The van der Waals surface area contributed by atoms with Crippen molar-refractivity contribution in [2.75, 3.05) is 11.9 Å². The third-order valence-electron chi connectivity index (χ3n) is 4.62. The van der Waals surface area contributed by atoms with Crippen molar-refractivity contribution in [2.24, 2.45) is 5.73 Å². The van der Waals surface area contributed by atoms with Gasteiger partial charge in [-0.25, -0.2) is 4.79 Å². The van der Waals surface area contributed by atoms with E-state index >= 15 is 0 Å². The first-order valence-corrected chi connectivity index (χ1v) is 10.0. The van der Waals surface area contributed by atoms with Crippen LogP contribution in [0.25, 0.3) is 0 Å². The van der Waals surface area contributed by atoms with Crippen LogP contribution in [0.1, 0.15) is 43.2 Å². The van der Waals surface area contributed by atoms with Crippen LogP contribution in [0.4, 0.5) is 10.5 Å². The lowest BCUT2D eigenvalue weighted by Gasteiger charge is -2.18. The molecular weight excluding hydrogens is 400 g/mol. The van der Waals surface area contributed by atoms with Gasteiger partial charge in [-0.3, -0.25) is 14.6 Å². The van der Waals surface area contributed by atoms with Crippen molar-refractivity contribution in [1.82, 2.24) is 10.3 Å². The molecule has 0 saturated heterocycles. The molecule has 0 aliphatic heterocycles. The molecule has 0 radical (unpaired) electrons. The van der Waals surface area contributed by atoms with Crippen LogP contribution in [0.2, 0.25) is 0 Å². The summed E-state index contributed by atoms with van der Waals surface area (Å²) in [7, 11) is 0. The lowest BCUT2D eigenvalue weighted by Crippen LogP contribution is -2.36. The van der Waals surface area contributed by atoms with Crippen molar-refractivity contribution in [3.05, 3.63) is 59.9 Å². The summed E-state index contributed by atoms with van der Waals surface area (Å²) in [4.78, 5) is 39.1. The number of anilines is 1. The van der Waals surface area contributed by atoms with E-state index in [4.69, 9.17) is 15.6 Å². The molecule has 5 N–H and O–H groups in total.